The number of nitrogens with zero attached hydrogens (tertiary/aromatic N) is 2. The second-order valence-corrected chi connectivity index (χ2v) is 6.18. The number of methoxy groups -OCH3 is 2. The van der Waals surface area contributed by atoms with E-state index in [1.165, 1.54) is 7.11 Å². The zero-order chi connectivity index (χ0) is 18.7. The smallest absolute Gasteiger partial charge is 0.269 e. The number of aromatic nitrogens is 2. The Hall–Kier alpha value is -3.03. The first-order chi connectivity index (χ1) is 12.5. The van der Waals surface area contributed by atoms with Crippen molar-refractivity contribution in [1.29, 1.82) is 0 Å². The van der Waals surface area contributed by atoms with Crippen molar-refractivity contribution in [3.05, 3.63) is 41.2 Å². The summed E-state index contributed by atoms with van der Waals surface area (Å²) in [5.41, 5.74) is 6.84. The molecule has 2 amide bonds. The molecule has 0 radical (unpaired) electrons. The lowest BCUT2D eigenvalue weighted by molar-refractivity contribution is 0.0708. The van der Waals surface area contributed by atoms with Gasteiger partial charge in [0.05, 0.1) is 19.8 Å². The zero-order valence-corrected chi connectivity index (χ0v) is 14.8. The van der Waals surface area contributed by atoms with Crippen LogP contribution in [-0.2, 0) is 0 Å². The number of ether oxygens (including phenoxy) is 2. The fourth-order valence-electron chi connectivity index (χ4n) is 3.29. The maximum atomic E-state index is 12.9. The van der Waals surface area contributed by atoms with E-state index in [9.17, 15) is 9.59 Å². The number of rotatable bonds is 5. The number of carbonyl (C=O) groups is 2. The molecule has 0 bridgehead atoms. The molecule has 8 nitrogen and oxygen atoms in total. The number of benzene rings is 1. The molecule has 138 valence electrons. The van der Waals surface area contributed by atoms with Crippen LogP contribution in [0.1, 0.15) is 45.3 Å². The summed E-state index contributed by atoms with van der Waals surface area (Å²) < 4.78 is 10.6. The predicted octanol–water partition coefficient (Wildman–Crippen LogP) is 1.55. The third-order valence-corrected chi connectivity index (χ3v) is 4.71. The Labute approximate surface area is 151 Å². The standard InChI is InChI=1S/C18H22N4O4/c1-25-15-5-3-4-12(16(15)26-2)18(24)22-8-6-11(7-9-22)13-10-14(17(19)23)21-20-13/h3-5,10-11H,6-9H2,1-2H3,(H2,19,23)(H,20,21). The van der Waals surface area contributed by atoms with Gasteiger partial charge in [0.1, 0.15) is 5.69 Å². The van der Waals surface area contributed by atoms with Crippen molar-refractivity contribution in [2.75, 3.05) is 27.3 Å². The van der Waals surface area contributed by atoms with E-state index in [1.54, 1.807) is 36.3 Å². The zero-order valence-electron chi connectivity index (χ0n) is 14.8. The quantitative estimate of drug-likeness (QED) is 0.842. The molecule has 0 atom stereocenters. The Bertz CT molecular complexity index is 809. The molecule has 0 saturated carbocycles. The molecule has 3 N–H and O–H groups in total. The van der Waals surface area contributed by atoms with Gasteiger partial charge in [-0.05, 0) is 31.0 Å². The first-order valence-electron chi connectivity index (χ1n) is 8.40. The minimum atomic E-state index is -0.551. The van der Waals surface area contributed by atoms with Gasteiger partial charge in [-0.15, -0.1) is 0 Å². The Morgan fingerprint density at radius 3 is 2.54 bits per heavy atom. The average molecular weight is 358 g/mol. The van der Waals surface area contributed by atoms with Gasteiger partial charge in [-0.2, -0.15) is 5.10 Å². The SMILES string of the molecule is COc1cccc(C(=O)N2CCC(c3cc(C(N)=O)n[nH]3)CC2)c1OC. The van der Waals surface area contributed by atoms with Gasteiger partial charge >= 0.3 is 0 Å². The Kier molecular flexibility index (Phi) is 5.11. The topological polar surface area (TPSA) is 111 Å². The van der Waals surface area contributed by atoms with Crippen molar-refractivity contribution in [2.45, 2.75) is 18.8 Å². The summed E-state index contributed by atoms with van der Waals surface area (Å²) >= 11 is 0. The van der Waals surface area contributed by atoms with Crippen LogP contribution in [-0.4, -0.2) is 54.2 Å². The number of hydrogen-bond acceptors (Lipinski definition) is 5. The number of primary amides is 1. The Balaban J connectivity index is 1.70. The lowest BCUT2D eigenvalue weighted by Crippen LogP contribution is -2.38. The van der Waals surface area contributed by atoms with E-state index in [-0.39, 0.29) is 17.5 Å². The van der Waals surface area contributed by atoms with E-state index in [2.05, 4.69) is 10.2 Å². The molecule has 8 heteroatoms. The summed E-state index contributed by atoms with van der Waals surface area (Å²) in [5.74, 6) is 0.560. The third kappa shape index (κ3) is 3.35. The largest absolute Gasteiger partial charge is 0.493 e. The van der Waals surface area contributed by atoms with Crippen LogP contribution in [0.3, 0.4) is 0 Å². The maximum absolute atomic E-state index is 12.9. The van der Waals surface area contributed by atoms with E-state index in [0.29, 0.717) is 30.2 Å². The van der Waals surface area contributed by atoms with Crippen LogP contribution in [0.5, 0.6) is 11.5 Å². The van der Waals surface area contributed by atoms with E-state index in [1.807, 2.05) is 0 Å². The van der Waals surface area contributed by atoms with Crippen LogP contribution < -0.4 is 15.2 Å². The van der Waals surface area contributed by atoms with Crippen LogP contribution >= 0.6 is 0 Å². The minimum absolute atomic E-state index is 0.0818. The van der Waals surface area contributed by atoms with Crippen LogP contribution in [0.15, 0.2) is 24.3 Å². The number of nitrogens with one attached hydrogen (secondary N) is 1. The molecule has 1 aromatic heterocycles. The molecular formula is C18H22N4O4. The summed E-state index contributed by atoms with van der Waals surface area (Å²) in [4.78, 5) is 25.9. The highest BCUT2D eigenvalue weighted by atomic mass is 16.5. The van der Waals surface area contributed by atoms with E-state index in [0.717, 1.165) is 18.5 Å². The molecule has 1 aliphatic heterocycles. The Morgan fingerprint density at radius 2 is 1.96 bits per heavy atom. The average Bonchev–Trinajstić information content (AvgIpc) is 3.17. The van der Waals surface area contributed by atoms with Gasteiger partial charge in [0.15, 0.2) is 11.5 Å². The van der Waals surface area contributed by atoms with Gasteiger partial charge in [-0.25, -0.2) is 0 Å². The number of piperidine rings is 1. The molecule has 2 aromatic rings. The second-order valence-electron chi connectivity index (χ2n) is 6.18. The summed E-state index contributed by atoms with van der Waals surface area (Å²) in [7, 11) is 3.07. The molecule has 1 aliphatic rings. The molecule has 1 fully saturated rings. The van der Waals surface area contributed by atoms with Crippen LogP contribution in [0.2, 0.25) is 0 Å². The first-order valence-corrected chi connectivity index (χ1v) is 8.40. The van der Waals surface area contributed by atoms with Gasteiger partial charge in [-0.1, -0.05) is 6.07 Å². The molecule has 0 unspecified atom stereocenters. The molecule has 1 saturated heterocycles. The highest BCUT2D eigenvalue weighted by Gasteiger charge is 2.28. The first kappa shape index (κ1) is 17.8. The molecular weight excluding hydrogens is 336 g/mol. The molecule has 1 aromatic carbocycles. The molecule has 0 spiro atoms. The van der Waals surface area contributed by atoms with Gasteiger partial charge in [0.25, 0.3) is 11.8 Å². The highest BCUT2D eigenvalue weighted by molar-refractivity contribution is 5.98. The monoisotopic (exact) mass is 358 g/mol. The molecule has 26 heavy (non-hydrogen) atoms. The minimum Gasteiger partial charge on any atom is -0.493 e. The maximum Gasteiger partial charge on any atom is 0.269 e. The van der Waals surface area contributed by atoms with E-state index in [4.69, 9.17) is 15.2 Å². The normalized spacial score (nSPS) is 14.9. The number of carbonyl (C=O) groups excluding carboxylic acids is 2. The number of para-hydroxylation sites is 1. The predicted molar refractivity (Wildman–Crippen MR) is 94.5 cm³/mol. The summed E-state index contributed by atoms with van der Waals surface area (Å²) in [6, 6.07) is 6.97. The Morgan fingerprint density at radius 1 is 1.23 bits per heavy atom. The molecule has 0 aliphatic carbocycles. The van der Waals surface area contributed by atoms with E-state index < -0.39 is 5.91 Å². The summed E-state index contributed by atoms with van der Waals surface area (Å²) in [5, 5.41) is 6.80. The summed E-state index contributed by atoms with van der Waals surface area (Å²) in [6.45, 7) is 1.21. The van der Waals surface area contributed by atoms with Crippen molar-refractivity contribution in [2.24, 2.45) is 5.73 Å². The van der Waals surface area contributed by atoms with Crippen LogP contribution in [0, 0.1) is 0 Å². The lowest BCUT2D eigenvalue weighted by Gasteiger charge is -2.32. The number of nitrogens with two attached hydrogens (primary N) is 1. The van der Waals surface area contributed by atoms with Crippen LogP contribution in [0.4, 0.5) is 0 Å². The van der Waals surface area contributed by atoms with Crippen molar-refractivity contribution < 1.29 is 19.1 Å². The number of likely N-dealkylation sites (tertiary alicyclic amines) is 1. The van der Waals surface area contributed by atoms with Gasteiger partial charge in [0.2, 0.25) is 0 Å². The fraction of sp³-hybridized carbons (Fsp3) is 0.389. The highest BCUT2D eigenvalue weighted by Crippen LogP contribution is 2.33. The third-order valence-electron chi connectivity index (χ3n) is 4.71. The molecule has 2 heterocycles. The van der Waals surface area contributed by atoms with Crippen molar-refractivity contribution in [3.63, 3.8) is 0 Å². The van der Waals surface area contributed by atoms with Crippen LogP contribution in [0.25, 0.3) is 0 Å². The lowest BCUT2D eigenvalue weighted by atomic mass is 9.93. The second kappa shape index (κ2) is 7.47. The van der Waals surface area contributed by atoms with E-state index >= 15 is 0 Å². The summed E-state index contributed by atoms with van der Waals surface area (Å²) in [6.07, 6.45) is 1.55. The number of amides is 2. The van der Waals surface area contributed by atoms with Crippen molar-refractivity contribution in [3.8, 4) is 11.5 Å². The number of H-pyrrole nitrogens is 1. The number of hydrogen-bond donors (Lipinski definition) is 2. The van der Waals surface area contributed by atoms with Gasteiger partial charge in [0, 0.05) is 24.7 Å². The van der Waals surface area contributed by atoms with Crippen molar-refractivity contribution >= 4 is 11.8 Å². The van der Waals surface area contributed by atoms with Gasteiger partial charge < -0.3 is 20.1 Å². The fourth-order valence-corrected chi connectivity index (χ4v) is 3.29. The molecule has 3 rings (SSSR count). The van der Waals surface area contributed by atoms with Gasteiger partial charge in [-0.3, -0.25) is 14.7 Å². The van der Waals surface area contributed by atoms with Crippen molar-refractivity contribution in [1.82, 2.24) is 15.1 Å². The number of aromatic amines is 1.